The molecule has 0 bridgehead atoms. The molecule has 0 amide bonds. The normalized spacial score (nSPS) is 11.6. The fourth-order valence-corrected chi connectivity index (χ4v) is 3.00. The molecule has 184 valence electrons. The van der Waals surface area contributed by atoms with Crippen molar-refractivity contribution in [3.8, 4) is 0 Å². The number of carbonyl (C=O) groups excluding carboxylic acids is 1. The standard InChI is InChI=1S/C22H21ClNO2.2C2H6.C2H5.CH3.K/c1-3-11-19(20(23)4-2)22(26-21(25)16-24,17-12-7-5-8-13-17)18-14-9-6-10-15-18;3*1-2;;/h3-5,7-15H,2,16,24H2,1H3;2*1-2H3;1H2,2H3;1H3;/q-1;;;2*-1;+1/b11-3-,20-19-;;;;;. The van der Waals surface area contributed by atoms with Crippen LogP contribution in [-0.4, -0.2) is 12.5 Å². The van der Waals surface area contributed by atoms with E-state index in [9.17, 15) is 4.79 Å². The number of hydrogen-bond donors (Lipinski definition) is 1. The summed E-state index contributed by atoms with van der Waals surface area (Å²) in [5.41, 5.74) is 6.37. The minimum Gasteiger partial charge on any atom is -0.445 e. The molecular weight excluding hydrogens is 469 g/mol. The Bertz CT molecular complexity index is 779. The molecule has 0 aliphatic heterocycles. The predicted octanol–water partition coefficient (Wildman–Crippen LogP) is 4.83. The van der Waals surface area contributed by atoms with Gasteiger partial charge < -0.3 is 24.8 Å². The van der Waals surface area contributed by atoms with Crippen LogP contribution in [0.3, 0.4) is 0 Å². The molecule has 2 aromatic rings. The van der Waals surface area contributed by atoms with Crippen LogP contribution in [0.4, 0.5) is 0 Å². The van der Waals surface area contributed by atoms with Crippen molar-refractivity contribution < 1.29 is 60.9 Å². The summed E-state index contributed by atoms with van der Waals surface area (Å²) in [6, 6.07) is 19.6. The van der Waals surface area contributed by atoms with Gasteiger partial charge >= 0.3 is 57.4 Å². The van der Waals surface area contributed by atoms with Crippen LogP contribution < -0.4 is 57.1 Å². The molecule has 2 rings (SSSR count). The van der Waals surface area contributed by atoms with Crippen LogP contribution in [-0.2, 0) is 15.1 Å². The number of esters is 1. The van der Waals surface area contributed by atoms with Gasteiger partial charge in [0.25, 0.3) is 0 Å². The van der Waals surface area contributed by atoms with E-state index in [2.05, 4.69) is 19.6 Å². The molecule has 0 spiro atoms. The minimum absolute atomic E-state index is 0. The number of rotatable bonds is 7. The maximum atomic E-state index is 12.3. The predicted molar refractivity (Wildman–Crippen MR) is 146 cm³/mol. The third kappa shape index (κ3) is 11.6. The Morgan fingerprint density at radius 2 is 1.56 bits per heavy atom. The number of halogens is 1. The quantitative estimate of drug-likeness (QED) is 0.251. The van der Waals surface area contributed by atoms with E-state index < -0.39 is 11.6 Å². The van der Waals surface area contributed by atoms with Gasteiger partial charge in [0.15, 0.2) is 5.60 Å². The monoisotopic (exact) mass is 509 g/mol. The molecule has 0 heterocycles. The van der Waals surface area contributed by atoms with E-state index in [4.69, 9.17) is 22.1 Å². The van der Waals surface area contributed by atoms with E-state index >= 15 is 0 Å². The van der Waals surface area contributed by atoms with Crippen molar-refractivity contribution >= 4 is 17.6 Å². The Hall–Kier alpha value is -0.984. The molecule has 2 aromatic carbocycles. The zero-order valence-corrected chi connectivity index (χ0v) is 26.2. The molecule has 5 heteroatoms. The van der Waals surface area contributed by atoms with E-state index in [0.717, 1.165) is 11.1 Å². The number of benzene rings is 2. The number of nitrogens with two attached hydrogens (primary N) is 1. The second-order valence-electron chi connectivity index (χ2n) is 5.48. The number of allylic oxidation sites excluding steroid dienone is 3. The van der Waals surface area contributed by atoms with Crippen molar-refractivity contribution in [3.05, 3.63) is 122 Å². The molecule has 1 atom stereocenters. The van der Waals surface area contributed by atoms with E-state index in [1.807, 2.05) is 89.2 Å². The number of ether oxygens (including phenoxy) is 1. The summed E-state index contributed by atoms with van der Waals surface area (Å²) >= 11 is 6.50. The van der Waals surface area contributed by atoms with Gasteiger partial charge in [-0.05, 0) is 6.92 Å². The molecule has 0 saturated heterocycles. The summed E-state index contributed by atoms with van der Waals surface area (Å²) in [7, 11) is 0. The fraction of sp³-hybridized carbons (Fsp3) is 0.276. The molecule has 34 heavy (non-hydrogen) atoms. The van der Waals surface area contributed by atoms with Crippen molar-refractivity contribution in [3.63, 3.8) is 0 Å². The van der Waals surface area contributed by atoms with Crippen LogP contribution in [0.25, 0.3) is 0 Å². The van der Waals surface area contributed by atoms with Crippen molar-refractivity contribution in [2.45, 2.75) is 47.1 Å². The van der Waals surface area contributed by atoms with Crippen molar-refractivity contribution in [1.29, 1.82) is 0 Å². The van der Waals surface area contributed by atoms with Crippen molar-refractivity contribution in [1.82, 2.24) is 0 Å². The van der Waals surface area contributed by atoms with Crippen LogP contribution >= 0.6 is 11.6 Å². The van der Waals surface area contributed by atoms with E-state index in [1.54, 1.807) is 19.1 Å². The first kappa shape index (κ1) is 40.2. The largest absolute Gasteiger partial charge is 1.00 e. The molecule has 0 saturated carbocycles. The fourth-order valence-electron chi connectivity index (χ4n) is 2.80. The average Bonchev–Trinajstić information content (AvgIpc) is 2.90. The molecule has 0 aromatic heterocycles. The van der Waals surface area contributed by atoms with Gasteiger partial charge in [-0.3, -0.25) is 4.79 Å². The summed E-state index contributed by atoms with van der Waals surface area (Å²) in [6.45, 7) is 18.4. The van der Waals surface area contributed by atoms with Gasteiger partial charge in [-0.2, -0.15) is 37.3 Å². The van der Waals surface area contributed by atoms with Crippen LogP contribution in [0.1, 0.15) is 52.7 Å². The van der Waals surface area contributed by atoms with Crippen LogP contribution in [0.5, 0.6) is 0 Å². The Morgan fingerprint density at radius 1 is 1.09 bits per heavy atom. The number of hydrogen-bond acceptors (Lipinski definition) is 3. The topological polar surface area (TPSA) is 52.3 Å². The summed E-state index contributed by atoms with van der Waals surface area (Å²) in [5.74, 6) is -0.544. The van der Waals surface area contributed by atoms with Crippen LogP contribution in [0, 0.1) is 20.4 Å². The average molecular weight is 510 g/mol. The van der Waals surface area contributed by atoms with Crippen LogP contribution in [0.2, 0.25) is 0 Å². The maximum Gasteiger partial charge on any atom is 1.00 e. The Balaban J connectivity index is -0.000000520. The van der Waals surface area contributed by atoms with Gasteiger partial charge in [0, 0.05) is 16.2 Å². The van der Waals surface area contributed by atoms with Gasteiger partial charge in [-0.15, -0.1) is 5.56 Å². The van der Waals surface area contributed by atoms with E-state index in [1.165, 1.54) is 6.08 Å². The van der Waals surface area contributed by atoms with Gasteiger partial charge in [-0.1, -0.05) is 94.4 Å². The molecule has 0 aliphatic carbocycles. The summed E-state index contributed by atoms with van der Waals surface area (Å²) in [4.78, 5) is 12.3. The Morgan fingerprint density at radius 3 is 1.97 bits per heavy atom. The molecule has 1 unspecified atom stereocenters. The van der Waals surface area contributed by atoms with E-state index in [-0.39, 0.29) is 65.4 Å². The maximum absolute atomic E-state index is 12.3. The molecule has 3 nitrogen and oxygen atoms in total. The smallest absolute Gasteiger partial charge is 0.445 e. The van der Waals surface area contributed by atoms with Gasteiger partial charge in [0.1, 0.15) is 0 Å². The van der Waals surface area contributed by atoms with E-state index in [0.29, 0.717) is 10.6 Å². The first-order valence-corrected chi connectivity index (χ1v) is 11.3. The zero-order chi connectivity index (χ0) is 25.0. The molecule has 2 N–H and O–H groups in total. The SMILES string of the molecule is C=C/C(Cl)=C(\C=C/C)C(OC(=O)CN)(c1cc[c-]cc1)c1ccccc1.CC.CC.[CH2-]C.[CH3-].[K+]. The molecule has 0 aliphatic rings. The minimum atomic E-state index is -1.26. The van der Waals surface area contributed by atoms with Crippen LogP contribution in [0.15, 0.2) is 90.0 Å². The summed E-state index contributed by atoms with van der Waals surface area (Å²) in [6.07, 6.45) is 5.18. The van der Waals surface area contributed by atoms with Gasteiger partial charge in [0.2, 0.25) is 0 Å². The summed E-state index contributed by atoms with van der Waals surface area (Å²) in [5, 5.41) is 0.379. The van der Waals surface area contributed by atoms with Crippen molar-refractivity contribution in [2.75, 3.05) is 6.54 Å². The molecular formula is C29H41ClKNO2-2. The third-order valence-corrected chi connectivity index (χ3v) is 4.25. The first-order chi connectivity index (χ1) is 15.6. The first-order valence-electron chi connectivity index (χ1n) is 10.9. The van der Waals surface area contributed by atoms with Crippen molar-refractivity contribution in [2.24, 2.45) is 5.73 Å². The van der Waals surface area contributed by atoms with Gasteiger partial charge in [0.05, 0.1) is 6.54 Å². The van der Waals surface area contributed by atoms with Gasteiger partial charge in [-0.25, -0.2) is 0 Å². The summed E-state index contributed by atoms with van der Waals surface area (Å²) < 4.78 is 5.98. The second-order valence-corrected chi connectivity index (χ2v) is 5.89. The third-order valence-electron chi connectivity index (χ3n) is 3.89. The Labute approximate surface area is 256 Å². The molecule has 0 radical (unpaired) electrons. The number of carbonyl (C=O) groups is 1. The Kier molecular flexibility index (Phi) is 29.7. The second kappa shape index (κ2) is 25.1. The molecule has 0 fully saturated rings. The zero-order valence-electron chi connectivity index (χ0n) is 22.3.